The number of methoxy groups -OCH3 is 1. The van der Waals surface area contributed by atoms with Crippen LogP contribution in [0.1, 0.15) is 12.6 Å². The van der Waals surface area contributed by atoms with Crippen molar-refractivity contribution in [1.29, 1.82) is 0 Å². The number of nitrogens with zero attached hydrogens (tertiary/aromatic N) is 3. The van der Waals surface area contributed by atoms with E-state index in [1.165, 1.54) is 0 Å². The van der Waals surface area contributed by atoms with E-state index in [4.69, 9.17) is 9.47 Å². The van der Waals surface area contributed by atoms with Crippen LogP contribution in [0.3, 0.4) is 0 Å². The van der Waals surface area contributed by atoms with Gasteiger partial charge in [0.05, 0.1) is 38.2 Å². The second-order valence-electron chi connectivity index (χ2n) is 8.50. The summed E-state index contributed by atoms with van der Waals surface area (Å²) in [5, 5.41) is 21.4. The van der Waals surface area contributed by atoms with Gasteiger partial charge in [-0.2, -0.15) is 0 Å². The molecule has 1 saturated carbocycles. The predicted molar refractivity (Wildman–Crippen MR) is 105 cm³/mol. The second kappa shape index (κ2) is 8.55. The zero-order valence-corrected chi connectivity index (χ0v) is 17.1. The first kappa shape index (κ1) is 20.5. The Hall–Kier alpha value is -1.74. The monoisotopic (exact) mass is 405 g/mol. The number of fused-ring (bicyclic) bond motifs is 1. The summed E-state index contributed by atoms with van der Waals surface area (Å²) in [6.45, 7) is 6.16. The van der Waals surface area contributed by atoms with Crippen molar-refractivity contribution < 1.29 is 24.5 Å². The molecule has 3 heterocycles. The van der Waals surface area contributed by atoms with Crippen molar-refractivity contribution in [3.63, 3.8) is 0 Å². The zero-order chi connectivity index (χ0) is 20.5. The van der Waals surface area contributed by atoms with Crippen LogP contribution in [0.2, 0.25) is 0 Å². The van der Waals surface area contributed by atoms with E-state index < -0.39 is 12.2 Å². The number of hydrogen-bond donors (Lipinski definition) is 2. The van der Waals surface area contributed by atoms with Crippen LogP contribution in [0.5, 0.6) is 5.88 Å². The average molecular weight is 405 g/mol. The SMILES string of the molecule is COc1cccc(CN2C[C@@H]3[C@H](O)[C@@H](O)[C@H](C)[C@H](C(=O)N4CCOCC4)[C@H]3C2)n1. The third-order valence-electron chi connectivity index (χ3n) is 6.83. The molecule has 1 aliphatic carbocycles. The van der Waals surface area contributed by atoms with E-state index in [1.54, 1.807) is 7.11 Å². The van der Waals surface area contributed by atoms with E-state index >= 15 is 0 Å². The molecule has 0 unspecified atom stereocenters. The molecule has 2 saturated heterocycles. The molecule has 2 aliphatic heterocycles. The van der Waals surface area contributed by atoms with E-state index in [1.807, 2.05) is 30.0 Å². The maximum atomic E-state index is 13.3. The summed E-state index contributed by atoms with van der Waals surface area (Å²) < 4.78 is 10.6. The number of carbonyl (C=O) groups excluding carboxylic acids is 1. The van der Waals surface area contributed by atoms with E-state index in [2.05, 4.69) is 9.88 Å². The Kier molecular flexibility index (Phi) is 6.06. The third-order valence-corrected chi connectivity index (χ3v) is 6.83. The molecule has 8 heteroatoms. The number of aliphatic hydroxyl groups is 2. The fraction of sp³-hybridized carbons (Fsp3) is 0.714. The number of amides is 1. The maximum absolute atomic E-state index is 13.3. The topological polar surface area (TPSA) is 95.4 Å². The molecule has 3 aliphatic rings. The molecule has 6 atom stereocenters. The van der Waals surface area contributed by atoms with Gasteiger partial charge in [-0.25, -0.2) is 4.98 Å². The van der Waals surface area contributed by atoms with Crippen LogP contribution >= 0.6 is 0 Å². The van der Waals surface area contributed by atoms with Gasteiger partial charge in [-0.1, -0.05) is 13.0 Å². The van der Waals surface area contributed by atoms with Crippen molar-refractivity contribution in [2.75, 3.05) is 46.5 Å². The van der Waals surface area contributed by atoms with Crippen LogP contribution in [0, 0.1) is 23.7 Å². The maximum Gasteiger partial charge on any atom is 0.226 e. The molecule has 3 fully saturated rings. The summed E-state index contributed by atoms with van der Waals surface area (Å²) in [7, 11) is 1.59. The molecule has 0 spiro atoms. The standard InChI is InChI=1S/C21H31N3O5/c1-13-18(21(27)24-6-8-29-9-7-24)15-11-23(12-16(15)20(26)19(13)25)10-14-4-3-5-17(22-14)28-2/h3-5,13,15-16,18-20,25-26H,6-12H2,1-2H3/t13-,15+,16+,18+,19+,20+/m1/s1. The Balaban J connectivity index is 1.52. The average Bonchev–Trinajstić information content (AvgIpc) is 3.16. The van der Waals surface area contributed by atoms with Crippen LogP contribution in [-0.4, -0.2) is 89.6 Å². The number of pyridine rings is 1. The Labute approximate surface area is 171 Å². The molecule has 1 amide bonds. The van der Waals surface area contributed by atoms with Gasteiger partial charge < -0.3 is 24.6 Å². The third kappa shape index (κ3) is 3.99. The lowest BCUT2D eigenvalue weighted by molar-refractivity contribution is -0.158. The van der Waals surface area contributed by atoms with Gasteiger partial charge in [0.15, 0.2) is 0 Å². The van der Waals surface area contributed by atoms with Crippen molar-refractivity contribution >= 4 is 5.91 Å². The van der Waals surface area contributed by atoms with Gasteiger partial charge in [-0.05, 0) is 17.9 Å². The minimum Gasteiger partial charge on any atom is -0.481 e. The van der Waals surface area contributed by atoms with Crippen LogP contribution in [0.25, 0.3) is 0 Å². The molecule has 4 rings (SSSR count). The van der Waals surface area contributed by atoms with Gasteiger partial charge in [0, 0.05) is 50.6 Å². The molecule has 0 radical (unpaired) electrons. The molecule has 160 valence electrons. The molecule has 0 bridgehead atoms. The highest BCUT2D eigenvalue weighted by Gasteiger charge is 2.54. The van der Waals surface area contributed by atoms with E-state index in [-0.39, 0.29) is 29.6 Å². The highest BCUT2D eigenvalue weighted by molar-refractivity contribution is 5.80. The van der Waals surface area contributed by atoms with Crippen LogP contribution in [0.15, 0.2) is 18.2 Å². The highest BCUT2D eigenvalue weighted by Crippen LogP contribution is 2.44. The largest absolute Gasteiger partial charge is 0.481 e. The van der Waals surface area contributed by atoms with Gasteiger partial charge in [-0.15, -0.1) is 0 Å². The van der Waals surface area contributed by atoms with Gasteiger partial charge >= 0.3 is 0 Å². The predicted octanol–water partition coefficient (Wildman–Crippen LogP) is -0.0153. The van der Waals surface area contributed by atoms with Crippen LogP contribution in [-0.2, 0) is 16.1 Å². The summed E-state index contributed by atoms with van der Waals surface area (Å²) in [5.74, 6) is -0.0194. The Bertz CT molecular complexity index is 726. The van der Waals surface area contributed by atoms with E-state index in [0.717, 1.165) is 5.69 Å². The fourth-order valence-electron chi connectivity index (χ4n) is 5.27. The molecule has 1 aromatic rings. The quantitative estimate of drug-likeness (QED) is 0.727. The van der Waals surface area contributed by atoms with Crippen molar-refractivity contribution in [2.24, 2.45) is 23.7 Å². The number of rotatable bonds is 4. The molecule has 1 aromatic heterocycles. The lowest BCUT2D eigenvalue weighted by atomic mass is 9.65. The van der Waals surface area contributed by atoms with Gasteiger partial charge in [0.1, 0.15) is 0 Å². The lowest BCUT2D eigenvalue weighted by Crippen LogP contribution is -2.57. The first-order chi connectivity index (χ1) is 14.0. The van der Waals surface area contributed by atoms with Crippen molar-refractivity contribution in [2.45, 2.75) is 25.7 Å². The Morgan fingerprint density at radius 1 is 1.21 bits per heavy atom. The Morgan fingerprint density at radius 2 is 1.93 bits per heavy atom. The minimum atomic E-state index is -0.888. The number of aromatic nitrogens is 1. The number of morpholine rings is 1. The summed E-state index contributed by atoms with van der Waals surface area (Å²) in [6.07, 6.45) is -1.70. The van der Waals surface area contributed by atoms with Crippen molar-refractivity contribution in [1.82, 2.24) is 14.8 Å². The Morgan fingerprint density at radius 3 is 2.66 bits per heavy atom. The second-order valence-corrected chi connectivity index (χ2v) is 8.50. The molecule has 8 nitrogen and oxygen atoms in total. The van der Waals surface area contributed by atoms with Crippen molar-refractivity contribution in [3.8, 4) is 5.88 Å². The first-order valence-electron chi connectivity index (χ1n) is 10.4. The highest BCUT2D eigenvalue weighted by atomic mass is 16.5. The summed E-state index contributed by atoms with van der Waals surface area (Å²) in [5.41, 5.74) is 0.891. The van der Waals surface area contributed by atoms with Crippen molar-refractivity contribution in [3.05, 3.63) is 23.9 Å². The minimum absolute atomic E-state index is 0.0179. The van der Waals surface area contributed by atoms with Crippen LogP contribution < -0.4 is 4.74 Å². The molecule has 29 heavy (non-hydrogen) atoms. The van der Waals surface area contributed by atoms with Gasteiger partial charge in [-0.3, -0.25) is 9.69 Å². The van der Waals surface area contributed by atoms with E-state index in [9.17, 15) is 15.0 Å². The molecular formula is C21H31N3O5. The first-order valence-corrected chi connectivity index (χ1v) is 10.4. The fourth-order valence-corrected chi connectivity index (χ4v) is 5.27. The van der Waals surface area contributed by atoms with Gasteiger partial charge in [0.25, 0.3) is 0 Å². The summed E-state index contributed by atoms with van der Waals surface area (Å²) in [4.78, 5) is 21.9. The number of carbonyl (C=O) groups is 1. The van der Waals surface area contributed by atoms with Crippen LogP contribution in [0.4, 0.5) is 0 Å². The smallest absolute Gasteiger partial charge is 0.226 e. The number of ether oxygens (including phenoxy) is 2. The molecule has 2 N–H and O–H groups in total. The van der Waals surface area contributed by atoms with E-state index in [0.29, 0.717) is 51.8 Å². The summed E-state index contributed by atoms with van der Waals surface area (Å²) in [6, 6.07) is 5.68. The number of likely N-dealkylation sites (tertiary alicyclic amines) is 1. The summed E-state index contributed by atoms with van der Waals surface area (Å²) >= 11 is 0. The lowest BCUT2D eigenvalue weighted by Gasteiger charge is -2.45. The zero-order valence-electron chi connectivity index (χ0n) is 17.1. The number of aliphatic hydroxyl groups excluding tert-OH is 2. The molecule has 0 aromatic carbocycles. The molecular weight excluding hydrogens is 374 g/mol. The number of hydrogen-bond acceptors (Lipinski definition) is 7. The normalized spacial score (nSPS) is 35.4. The van der Waals surface area contributed by atoms with Gasteiger partial charge in [0.2, 0.25) is 11.8 Å².